The predicted octanol–water partition coefficient (Wildman–Crippen LogP) is 1.79. The molecule has 1 aliphatic rings. The zero-order valence-electron chi connectivity index (χ0n) is 14.5. The third kappa shape index (κ3) is 4.43. The van der Waals surface area contributed by atoms with Crippen molar-refractivity contribution < 1.29 is 14.2 Å². The van der Waals surface area contributed by atoms with E-state index in [4.69, 9.17) is 4.74 Å². The van der Waals surface area contributed by atoms with Crippen molar-refractivity contribution in [2.75, 3.05) is 44.7 Å². The van der Waals surface area contributed by atoms with Gasteiger partial charge in [-0.2, -0.15) is 4.98 Å². The Morgan fingerprint density at radius 2 is 1.96 bits per heavy atom. The molecule has 6 nitrogen and oxygen atoms in total. The second kappa shape index (κ2) is 7.76. The lowest BCUT2D eigenvalue weighted by molar-refractivity contribution is 0.109. The smallest absolute Gasteiger partial charge is 0.228 e. The molecule has 0 spiro atoms. The number of β-amino-alcohol motifs (C(OH)–C–C–N with tert-alkyl or cyclic N) is 1. The molecular formula is C18H23FN4O2. The van der Waals surface area contributed by atoms with Crippen LogP contribution in [0.15, 0.2) is 30.3 Å². The number of aryl methyl sites for hydroxylation is 1. The van der Waals surface area contributed by atoms with E-state index in [1.807, 2.05) is 6.92 Å². The number of aliphatic hydroxyl groups excluding tert-OH is 1. The van der Waals surface area contributed by atoms with Gasteiger partial charge in [-0.25, -0.2) is 9.37 Å². The average Bonchev–Trinajstić information content (AvgIpc) is 2.61. The summed E-state index contributed by atoms with van der Waals surface area (Å²) in [5, 5.41) is 10.3. The fourth-order valence-corrected chi connectivity index (χ4v) is 2.96. The number of piperazine rings is 1. The van der Waals surface area contributed by atoms with E-state index in [0.29, 0.717) is 23.9 Å². The fraction of sp³-hybridized carbons (Fsp3) is 0.444. The van der Waals surface area contributed by atoms with E-state index >= 15 is 0 Å². The summed E-state index contributed by atoms with van der Waals surface area (Å²) in [7, 11) is 1.59. The highest BCUT2D eigenvalue weighted by Gasteiger charge is 2.22. The highest BCUT2D eigenvalue weighted by Crippen LogP contribution is 2.19. The van der Waals surface area contributed by atoms with Crippen LogP contribution >= 0.6 is 0 Å². The van der Waals surface area contributed by atoms with E-state index in [9.17, 15) is 9.50 Å². The van der Waals surface area contributed by atoms with Crippen molar-refractivity contribution in [3.8, 4) is 5.88 Å². The molecule has 1 N–H and O–H groups in total. The van der Waals surface area contributed by atoms with Crippen LogP contribution in [0.4, 0.5) is 10.3 Å². The highest BCUT2D eigenvalue weighted by molar-refractivity contribution is 5.35. The number of halogens is 1. The van der Waals surface area contributed by atoms with Crippen LogP contribution in [0.2, 0.25) is 0 Å². The molecule has 7 heteroatoms. The molecule has 1 aromatic heterocycles. The third-order valence-electron chi connectivity index (χ3n) is 4.35. The third-order valence-corrected chi connectivity index (χ3v) is 4.35. The molecule has 1 saturated heterocycles. The van der Waals surface area contributed by atoms with Gasteiger partial charge in [-0.05, 0) is 24.6 Å². The number of methoxy groups -OCH3 is 1. The minimum atomic E-state index is -0.697. The summed E-state index contributed by atoms with van der Waals surface area (Å²) >= 11 is 0. The Kier molecular flexibility index (Phi) is 5.45. The van der Waals surface area contributed by atoms with Crippen LogP contribution in [-0.2, 0) is 0 Å². The number of benzene rings is 1. The Bertz CT molecular complexity index is 720. The molecule has 1 aliphatic heterocycles. The summed E-state index contributed by atoms with van der Waals surface area (Å²) in [6.07, 6.45) is -0.697. The van der Waals surface area contributed by atoms with Crippen molar-refractivity contribution in [2.24, 2.45) is 0 Å². The molecule has 134 valence electrons. The van der Waals surface area contributed by atoms with E-state index in [0.717, 1.165) is 31.9 Å². The van der Waals surface area contributed by atoms with Gasteiger partial charge in [-0.3, -0.25) is 4.90 Å². The monoisotopic (exact) mass is 346 g/mol. The van der Waals surface area contributed by atoms with Gasteiger partial charge in [0.05, 0.1) is 13.2 Å². The van der Waals surface area contributed by atoms with E-state index < -0.39 is 6.10 Å². The van der Waals surface area contributed by atoms with Crippen LogP contribution in [0.3, 0.4) is 0 Å². The van der Waals surface area contributed by atoms with E-state index in [2.05, 4.69) is 19.8 Å². The largest absolute Gasteiger partial charge is 0.481 e. The van der Waals surface area contributed by atoms with E-state index in [-0.39, 0.29) is 5.82 Å². The highest BCUT2D eigenvalue weighted by atomic mass is 19.1. The molecule has 1 aromatic carbocycles. The normalized spacial score (nSPS) is 16.7. The van der Waals surface area contributed by atoms with Crippen LogP contribution in [0.5, 0.6) is 5.88 Å². The average molecular weight is 346 g/mol. The van der Waals surface area contributed by atoms with Gasteiger partial charge in [0.1, 0.15) is 5.82 Å². The second-order valence-electron chi connectivity index (χ2n) is 6.21. The molecule has 3 rings (SSSR count). The van der Waals surface area contributed by atoms with E-state index in [1.165, 1.54) is 12.1 Å². The van der Waals surface area contributed by atoms with E-state index in [1.54, 1.807) is 25.3 Å². The molecule has 0 amide bonds. The van der Waals surface area contributed by atoms with Gasteiger partial charge >= 0.3 is 0 Å². The first-order valence-corrected chi connectivity index (χ1v) is 8.35. The summed E-state index contributed by atoms with van der Waals surface area (Å²) in [5.74, 6) is 0.903. The van der Waals surface area contributed by atoms with Crippen LogP contribution in [0.25, 0.3) is 0 Å². The van der Waals surface area contributed by atoms with Crippen molar-refractivity contribution in [3.63, 3.8) is 0 Å². The molecule has 0 bridgehead atoms. The summed E-state index contributed by atoms with van der Waals surface area (Å²) in [5.41, 5.74) is 1.47. The Morgan fingerprint density at radius 3 is 2.64 bits per heavy atom. The molecule has 1 atom stereocenters. The molecule has 2 heterocycles. The fourth-order valence-electron chi connectivity index (χ4n) is 2.96. The summed E-state index contributed by atoms with van der Waals surface area (Å²) < 4.78 is 18.5. The van der Waals surface area contributed by atoms with Crippen molar-refractivity contribution in [1.29, 1.82) is 0 Å². The summed E-state index contributed by atoms with van der Waals surface area (Å²) in [4.78, 5) is 13.2. The van der Waals surface area contributed by atoms with Crippen molar-refractivity contribution in [1.82, 2.24) is 14.9 Å². The lowest BCUT2D eigenvalue weighted by atomic mass is 10.1. The Labute approximate surface area is 146 Å². The minimum Gasteiger partial charge on any atom is -0.481 e. The molecule has 25 heavy (non-hydrogen) atoms. The van der Waals surface area contributed by atoms with Crippen LogP contribution in [0, 0.1) is 12.7 Å². The number of aliphatic hydroxyl groups is 1. The molecular weight excluding hydrogens is 323 g/mol. The zero-order valence-corrected chi connectivity index (χ0v) is 14.5. The van der Waals surface area contributed by atoms with Gasteiger partial charge < -0.3 is 14.7 Å². The van der Waals surface area contributed by atoms with Gasteiger partial charge in [0, 0.05) is 44.5 Å². The Balaban J connectivity index is 1.57. The molecule has 0 saturated carbocycles. The number of nitrogens with zero attached hydrogens (tertiary/aromatic N) is 4. The first-order valence-electron chi connectivity index (χ1n) is 8.35. The molecule has 0 aliphatic carbocycles. The van der Waals surface area contributed by atoms with Gasteiger partial charge in [0.2, 0.25) is 11.8 Å². The summed E-state index contributed by atoms with van der Waals surface area (Å²) in [6.45, 7) is 5.50. The lowest BCUT2D eigenvalue weighted by Gasteiger charge is -2.35. The van der Waals surface area contributed by atoms with Crippen LogP contribution in [0.1, 0.15) is 17.4 Å². The second-order valence-corrected chi connectivity index (χ2v) is 6.21. The number of ether oxygens (including phenoxy) is 1. The maximum Gasteiger partial charge on any atom is 0.228 e. The van der Waals surface area contributed by atoms with Crippen LogP contribution < -0.4 is 9.64 Å². The molecule has 2 aromatic rings. The molecule has 1 unspecified atom stereocenters. The maximum atomic E-state index is 13.3. The summed E-state index contributed by atoms with van der Waals surface area (Å²) in [6, 6.07) is 7.93. The molecule has 1 fully saturated rings. The van der Waals surface area contributed by atoms with Crippen molar-refractivity contribution >= 4 is 5.95 Å². The standard InChI is InChI=1S/C18H23FN4O2/c1-13-10-17(25-2)21-18(20-13)23-8-6-22(7-9-23)12-16(24)14-4-3-5-15(19)11-14/h3-5,10-11,16,24H,6-9,12H2,1-2H3. The quantitative estimate of drug-likeness (QED) is 0.891. The van der Waals surface area contributed by atoms with Crippen molar-refractivity contribution in [2.45, 2.75) is 13.0 Å². The van der Waals surface area contributed by atoms with Gasteiger partial charge in [0.25, 0.3) is 0 Å². The first-order chi connectivity index (χ1) is 12.0. The van der Waals surface area contributed by atoms with Gasteiger partial charge in [-0.1, -0.05) is 12.1 Å². The molecule has 0 radical (unpaired) electrons. The van der Waals surface area contributed by atoms with Gasteiger partial charge in [-0.15, -0.1) is 0 Å². The topological polar surface area (TPSA) is 61.7 Å². The Hall–Kier alpha value is -2.25. The van der Waals surface area contributed by atoms with Crippen LogP contribution in [-0.4, -0.2) is 59.8 Å². The Morgan fingerprint density at radius 1 is 1.20 bits per heavy atom. The number of aromatic nitrogens is 2. The lowest BCUT2D eigenvalue weighted by Crippen LogP contribution is -2.48. The SMILES string of the molecule is COc1cc(C)nc(N2CCN(CC(O)c3cccc(F)c3)CC2)n1. The zero-order chi connectivity index (χ0) is 17.8. The number of rotatable bonds is 5. The maximum absolute atomic E-state index is 13.3. The number of hydrogen-bond acceptors (Lipinski definition) is 6. The predicted molar refractivity (Wildman–Crippen MR) is 93.3 cm³/mol. The number of hydrogen-bond donors (Lipinski definition) is 1. The number of anilines is 1. The first kappa shape index (κ1) is 17.6. The van der Waals surface area contributed by atoms with Crippen molar-refractivity contribution in [3.05, 3.63) is 47.4 Å². The van der Waals surface area contributed by atoms with Gasteiger partial charge in [0.15, 0.2) is 0 Å². The minimum absolute atomic E-state index is 0.327.